The van der Waals surface area contributed by atoms with E-state index in [0.29, 0.717) is 18.9 Å². The highest BCUT2D eigenvalue weighted by Crippen LogP contribution is 2.09. The Labute approximate surface area is 121 Å². The van der Waals surface area contributed by atoms with E-state index < -0.39 is 5.97 Å². The monoisotopic (exact) mass is 285 g/mol. The zero-order chi connectivity index (χ0) is 15.0. The van der Waals surface area contributed by atoms with Crippen molar-refractivity contribution in [2.75, 3.05) is 39.8 Å². The average molecular weight is 285 g/mol. The van der Waals surface area contributed by atoms with Crippen molar-refractivity contribution < 1.29 is 14.7 Å². The normalized spacial score (nSPS) is 18.4. The summed E-state index contributed by atoms with van der Waals surface area (Å²) in [6.45, 7) is 6.18. The summed E-state index contributed by atoms with van der Waals surface area (Å²) >= 11 is 0. The fourth-order valence-corrected chi connectivity index (χ4v) is 2.30. The molecular weight excluding hydrogens is 258 g/mol. The molecule has 0 spiro atoms. The van der Waals surface area contributed by atoms with E-state index in [1.165, 1.54) is 0 Å². The van der Waals surface area contributed by atoms with E-state index in [4.69, 9.17) is 5.11 Å². The van der Waals surface area contributed by atoms with Crippen molar-refractivity contribution in [2.45, 2.75) is 32.6 Å². The highest BCUT2D eigenvalue weighted by Gasteiger charge is 2.17. The molecule has 0 aromatic carbocycles. The second-order valence-electron chi connectivity index (χ2n) is 5.70. The van der Waals surface area contributed by atoms with Gasteiger partial charge in [0.2, 0.25) is 0 Å². The number of carbonyl (C=O) groups excluding carboxylic acids is 1. The molecule has 6 heteroatoms. The third kappa shape index (κ3) is 6.75. The number of hydrogen-bond donors (Lipinski definition) is 2. The van der Waals surface area contributed by atoms with Crippen LogP contribution in [0.15, 0.2) is 0 Å². The number of carbonyl (C=O) groups is 2. The average Bonchev–Trinajstić information content (AvgIpc) is 2.61. The molecule has 116 valence electrons. The van der Waals surface area contributed by atoms with Gasteiger partial charge in [-0.05, 0) is 38.8 Å². The Morgan fingerprint density at radius 3 is 2.65 bits per heavy atom. The highest BCUT2D eigenvalue weighted by atomic mass is 16.4. The SMILES string of the molecule is CC(CCNC(=O)N1CCCN(C)CC1)CCC(=O)O. The lowest BCUT2D eigenvalue weighted by Gasteiger charge is -2.21. The number of carboxylic acid groups (broad SMARTS) is 1. The van der Waals surface area contributed by atoms with Crippen LogP contribution in [0.2, 0.25) is 0 Å². The summed E-state index contributed by atoms with van der Waals surface area (Å²) in [6.07, 6.45) is 2.71. The number of nitrogens with one attached hydrogen (secondary N) is 1. The van der Waals surface area contributed by atoms with Crippen molar-refractivity contribution in [2.24, 2.45) is 5.92 Å². The Balaban J connectivity index is 2.17. The molecule has 1 fully saturated rings. The van der Waals surface area contributed by atoms with E-state index in [1.807, 2.05) is 11.8 Å². The number of hydrogen-bond acceptors (Lipinski definition) is 3. The quantitative estimate of drug-likeness (QED) is 0.770. The molecule has 20 heavy (non-hydrogen) atoms. The second-order valence-corrected chi connectivity index (χ2v) is 5.70. The smallest absolute Gasteiger partial charge is 0.317 e. The molecule has 0 radical (unpaired) electrons. The predicted molar refractivity (Wildman–Crippen MR) is 77.7 cm³/mol. The van der Waals surface area contributed by atoms with Crippen LogP contribution in [0.5, 0.6) is 0 Å². The Hall–Kier alpha value is -1.30. The van der Waals surface area contributed by atoms with Crippen LogP contribution < -0.4 is 5.32 Å². The van der Waals surface area contributed by atoms with Gasteiger partial charge < -0.3 is 20.2 Å². The molecule has 0 aromatic rings. The van der Waals surface area contributed by atoms with Crippen LogP contribution >= 0.6 is 0 Å². The van der Waals surface area contributed by atoms with Gasteiger partial charge in [-0.2, -0.15) is 0 Å². The third-order valence-corrected chi connectivity index (χ3v) is 3.77. The number of likely N-dealkylation sites (N-methyl/N-ethyl adjacent to an activating group) is 1. The standard InChI is InChI=1S/C14H27N3O3/c1-12(4-5-13(18)19)6-7-15-14(20)17-9-3-8-16(2)10-11-17/h12H,3-11H2,1-2H3,(H,15,20)(H,18,19). The first-order valence-corrected chi connectivity index (χ1v) is 7.42. The molecule has 1 saturated heterocycles. The van der Waals surface area contributed by atoms with Crippen molar-refractivity contribution >= 4 is 12.0 Å². The van der Waals surface area contributed by atoms with Gasteiger partial charge in [-0.1, -0.05) is 6.92 Å². The fourth-order valence-electron chi connectivity index (χ4n) is 2.30. The van der Waals surface area contributed by atoms with Crippen molar-refractivity contribution in [3.05, 3.63) is 0 Å². The molecule has 1 aliphatic heterocycles. The number of urea groups is 1. The minimum absolute atomic E-state index is 0.00531. The number of nitrogens with zero attached hydrogens (tertiary/aromatic N) is 2. The van der Waals surface area contributed by atoms with Gasteiger partial charge in [0.15, 0.2) is 0 Å². The summed E-state index contributed by atoms with van der Waals surface area (Å²) in [5.74, 6) is -0.434. The van der Waals surface area contributed by atoms with Gasteiger partial charge in [0.05, 0.1) is 0 Å². The Morgan fingerprint density at radius 2 is 1.95 bits per heavy atom. The maximum Gasteiger partial charge on any atom is 0.317 e. The number of aliphatic carboxylic acids is 1. The maximum absolute atomic E-state index is 12.0. The van der Waals surface area contributed by atoms with E-state index in [0.717, 1.165) is 39.0 Å². The molecular formula is C14H27N3O3. The van der Waals surface area contributed by atoms with E-state index in [1.54, 1.807) is 0 Å². The van der Waals surface area contributed by atoms with E-state index in [9.17, 15) is 9.59 Å². The highest BCUT2D eigenvalue weighted by molar-refractivity contribution is 5.74. The van der Waals surface area contributed by atoms with Crippen molar-refractivity contribution in [1.29, 1.82) is 0 Å². The molecule has 1 rings (SSSR count). The summed E-state index contributed by atoms with van der Waals surface area (Å²) in [5, 5.41) is 11.5. The summed E-state index contributed by atoms with van der Waals surface area (Å²) in [6, 6.07) is 0.00531. The van der Waals surface area contributed by atoms with Crippen LogP contribution in [0.25, 0.3) is 0 Å². The van der Waals surface area contributed by atoms with Gasteiger partial charge in [0, 0.05) is 32.6 Å². The lowest BCUT2D eigenvalue weighted by atomic mass is 10.0. The zero-order valence-electron chi connectivity index (χ0n) is 12.6. The summed E-state index contributed by atoms with van der Waals surface area (Å²) in [5.41, 5.74) is 0. The summed E-state index contributed by atoms with van der Waals surface area (Å²) < 4.78 is 0. The van der Waals surface area contributed by atoms with Crippen molar-refractivity contribution in [3.63, 3.8) is 0 Å². The van der Waals surface area contributed by atoms with E-state index >= 15 is 0 Å². The predicted octanol–water partition coefficient (Wildman–Crippen LogP) is 1.22. The lowest BCUT2D eigenvalue weighted by Crippen LogP contribution is -2.42. The number of amides is 2. The molecule has 1 atom stereocenters. The Kier molecular flexibility index (Phi) is 7.36. The van der Waals surface area contributed by atoms with E-state index in [-0.39, 0.29) is 12.5 Å². The molecule has 0 bridgehead atoms. The van der Waals surface area contributed by atoms with Gasteiger partial charge in [0.1, 0.15) is 0 Å². The van der Waals surface area contributed by atoms with Crippen molar-refractivity contribution in [3.8, 4) is 0 Å². The minimum Gasteiger partial charge on any atom is -0.481 e. The lowest BCUT2D eigenvalue weighted by molar-refractivity contribution is -0.137. The largest absolute Gasteiger partial charge is 0.481 e. The third-order valence-electron chi connectivity index (χ3n) is 3.77. The Morgan fingerprint density at radius 1 is 1.20 bits per heavy atom. The van der Waals surface area contributed by atoms with Crippen LogP contribution in [0, 0.1) is 5.92 Å². The van der Waals surface area contributed by atoms with Crippen LogP contribution in [0.4, 0.5) is 4.79 Å². The van der Waals surface area contributed by atoms with Crippen LogP contribution in [0.3, 0.4) is 0 Å². The molecule has 2 N–H and O–H groups in total. The maximum atomic E-state index is 12.0. The molecule has 0 aromatic heterocycles. The molecule has 1 aliphatic rings. The second kappa shape index (κ2) is 8.79. The number of carboxylic acids is 1. The molecule has 2 amide bonds. The summed E-state index contributed by atoms with van der Waals surface area (Å²) in [7, 11) is 2.07. The molecule has 1 unspecified atom stereocenters. The molecule has 0 aliphatic carbocycles. The summed E-state index contributed by atoms with van der Waals surface area (Å²) in [4.78, 5) is 26.6. The number of rotatable bonds is 6. The van der Waals surface area contributed by atoms with Gasteiger partial charge in [-0.3, -0.25) is 4.79 Å². The molecule has 6 nitrogen and oxygen atoms in total. The molecule has 1 heterocycles. The van der Waals surface area contributed by atoms with Crippen molar-refractivity contribution in [1.82, 2.24) is 15.1 Å². The Bertz CT molecular complexity index is 323. The molecule has 0 saturated carbocycles. The minimum atomic E-state index is -0.755. The zero-order valence-corrected chi connectivity index (χ0v) is 12.6. The fraction of sp³-hybridized carbons (Fsp3) is 0.857. The topological polar surface area (TPSA) is 72.9 Å². The van der Waals surface area contributed by atoms with E-state index in [2.05, 4.69) is 17.3 Å². The van der Waals surface area contributed by atoms with Gasteiger partial charge in [-0.15, -0.1) is 0 Å². The van der Waals surface area contributed by atoms with Gasteiger partial charge in [0.25, 0.3) is 0 Å². The first-order valence-electron chi connectivity index (χ1n) is 7.42. The van der Waals surface area contributed by atoms with Crippen LogP contribution in [0.1, 0.15) is 32.6 Å². The van der Waals surface area contributed by atoms with Gasteiger partial charge in [-0.25, -0.2) is 4.79 Å². The first-order chi connectivity index (χ1) is 9.49. The van der Waals surface area contributed by atoms with Gasteiger partial charge >= 0.3 is 12.0 Å². The van der Waals surface area contributed by atoms with Crippen LogP contribution in [-0.2, 0) is 4.79 Å². The van der Waals surface area contributed by atoms with Crippen LogP contribution in [-0.4, -0.2) is 66.7 Å². The first kappa shape index (κ1) is 16.8.